The van der Waals surface area contributed by atoms with Gasteiger partial charge in [-0.2, -0.15) is 0 Å². The maximum atomic E-state index is 11.3. The summed E-state index contributed by atoms with van der Waals surface area (Å²) in [6.07, 6.45) is -0.499. The third kappa shape index (κ3) is 1.75. The van der Waals surface area contributed by atoms with E-state index in [0.29, 0.717) is 33.0 Å². The molecule has 5 heteroatoms. The van der Waals surface area contributed by atoms with Gasteiger partial charge in [0.15, 0.2) is 11.7 Å². The van der Waals surface area contributed by atoms with E-state index in [1.807, 2.05) is 0 Å². The molecule has 0 bridgehead atoms. The smallest absolute Gasteiger partial charge is 0.338 e. The van der Waals surface area contributed by atoms with Crippen molar-refractivity contribution in [1.29, 1.82) is 0 Å². The molecule has 0 N–H and O–H groups in total. The van der Waals surface area contributed by atoms with Crippen LogP contribution in [0.5, 0.6) is 0 Å². The summed E-state index contributed by atoms with van der Waals surface area (Å²) >= 11 is 0. The van der Waals surface area contributed by atoms with E-state index in [-0.39, 0.29) is 5.97 Å². The van der Waals surface area contributed by atoms with E-state index < -0.39 is 11.7 Å². The second kappa shape index (κ2) is 3.84. The highest BCUT2D eigenvalue weighted by molar-refractivity contribution is 5.79. The molecule has 0 aliphatic carbocycles. The summed E-state index contributed by atoms with van der Waals surface area (Å²) in [5.41, 5.74) is -0.567. The lowest BCUT2D eigenvalue weighted by atomic mass is 10.1. The van der Waals surface area contributed by atoms with Crippen LogP contribution in [-0.4, -0.2) is 50.7 Å². The highest BCUT2D eigenvalue weighted by Gasteiger charge is 2.62. The van der Waals surface area contributed by atoms with Crippen LogP contribution in [0.2, 0.25) is 0 Å². The van der Waals surface area contributed by atoms with Gasteiger partial charge in [-0.05, 0) is 6.92 Å². The summed E-state index contributed by atoms with van der Waals surface area (Å²) in [7, 11) is 0. The van der Waals surface area contributed by atoms with Crippen LogP contribution in [-0.2, 0) is 23.7 Å². The largest absolute Gasteiger partial charge is 0.464 e. The van der Waals surface area contributed by atoms with Gasteiger partial charge in [0.1, 0.15) is 0 Å². The van der Waals surface area contributed by atoms with Gasteiger partial charge in [-0.25, -0.2) is 4.79 Å². The molecule has 0 aromatic carbocycles. The molecule has 0 radical (unpaired) electrons. The molecule has 1 spiro atoms. The van der Waals surface area contributed by atoms with Gasteiger partial charge in [0.25, 0.3) is 0 Å². The normalized spacial score (nSPS) is 29.6. The molecule has 0 saturated carbocycles. The predicted molar refractivity (Wildman–Crippen MR) is 45.9 cm³/mol. The topological polar surface area (TPSA) is 57.3 Å². The molecule has 0 aromatic heterocycles. The summed E-state index contributed by atoms with van der Waals surface area (Å²) in [4.78, 5) is 11.3. The maximum Gasteiger partial charge on any atom is 0.338 e. The maximum absolute atomic E-state index is 11.3. The molecule has 2 aliphatic rings. The van der Waals surface area contributed by atoms with Gasteiger partial charge in [-0.3, -0.25) is 0 Å². The minimum Gasteiger partial charge on any atom is -0.464 e. The average molecular weight is 202 g/mol. The van der Waals surface area contributed by atoms with Gasteiger partial charge in [0.2, 0.25) is 0 Å². The average Bonchev–Trinajstić information content (AvgIpc) is 2.92. The van der Waals surface area contributed by atoms with E-state index >= 15 is 0 Å². The summed E-state index contributed by atoms with van der Waals surface area (Å²) in [6.45, 7) is 4.08. The van der Waals surface area contributed by atoms with Crippen LogP contribution in [0.15, 0.2) is 0 Å². The van der Waals surface area contributed by atoms with Gasteiger partial charge in [0.05, 0.1) is 33.0 Å². The van der Waals surface area contributed by atoms with Crippen molar-refractivity contribution in [2.45, 2.75) is 18.6 Å². The molecule has 0 amide bonds. The van der Waals surface area contributed by atoms with Crippen LogP contribution in [0.25, 0.3) is 0 Å². The third-order valence-corrected chi connectivity index (χ3v) is 2.34. The summed E-state index contributed by atoms with van der Waals surface area (Å²) < 4.78 is 20.7. The summed E-state index contributed by atoms with van der Waals surface area (Å²) in [5.74, 6) is -0.318. The Morgan fingerprint density at radius 2 is 2.07 bits per heavy atom. The fraction of sp³-hybridized carbons (Fsp3) is 0.889. The lowest BCUT2D eigenvalue weighted by Gasteiger charge is -2.06. The first-order valence-electron chi connectivity index (χ1n) is 4.78. The Morgan fingerprint density at radius 1 is 1.43 bits per heavy atom. The molecule has 2 rings (SSSR count). The summed E-state index contributed by atoms with van der Waals surface area (Å²) in [5, 5.41) is 0. The van der Waals surface area contributed by atoms with Crippen molar-refractivity contribution in [1.82, 2.24) is 0 Å². The van der Waals surface area contributed by atoms with Crippen molar-refractivity contribution in [3.05, 3.63) is 0 Å². The molecular formula is C9H14O5. The van der Waals surface area contributed by atoms with E-state index in [0.717, 1.165) is 0 Å². The fourth-order valence-corrected chi connectivity index (χ4v) is 1.55. The third-order valence-electron chi connectivity index (χ3n) is 2.34. The number of rotatable bonds is 2. The zero-order chi connectivity index (χ0) is 10.0. The Labute approximate surface area is 82.3 Å². The van der Waals surface area contributed by atoms with Gasteiger partial charge in [0, 0.05) is 0 Å². The first-order valence-corrected chi connectivity index (χ1v) is 4.78. The quantitative estimate of drug-likeness (QED) is 0.456. The van der Waals surface area contributed by atoms with E-state index in [1.54, 1.807) is 6.92 Å². The molecule has 5 nitrogen and oxygen atoms in total. The zero-order valence-corrected chi connectivity index (χ0v) is 8.15. The molecule has 2 heterocycles. The number of epoxide rings is 1. The second-order valence-corrected chi connectivity index (χ2v) is 3.42. The molecule has 80 valence electrons. The van der Waals surface area contributed by atoms with Crippen LogP contribution >= 0.6 is 0 Å². The van der Waals surface area contributed by atoms with Crippen LogP contribution < -0.4 is 0 Å². The number of carbonyl (C=O) groups is 1. The van der Waals surface area contributed by atoms with Crippen molar-refractivity contribution >= 4 is 5.97 Å². The molecule has 2 saturated heterocycles. The fourth-order valence-electron chi connectivity index (χ4n) is 1.55. The first kappa shape index (κ1) is 9.89. The van der Waals surface area contributed by atoms with E-state index in [4.69, 9.17) is 18.9 Å². The highest BCUT2D eigenvalue weighted by Crippen LogP contribution is 2.38. The Morgan fingerprint density at radius 3 is 2.64 bits per heavy atom. The highest BCUT2D eigenvalue weighted by atomic mass is 16.7. The molecule has 0 aromatic rings. The van der Waals surface area contributed by atoms with Crippen molar-refractivity contribution in [3.63, 3.8) is 0 Å². The Hall–Kier alpha value is -0.650. The van der Waals surface area contributed by atoms with Crippen LogP contribution in [0.4, 0.5) is 0 Å². The Bertz CT molecular complexity index is 219. The van der Waals surface area contributed by atoms with Crippen molar-refractivity contribution in [2.75, 3.05) is 33.0 Å². The lowest BCUT2D eigenvalue weighted by molar-refractivity contribution is -0.144. The summed E-state index contributed by atoms with van der Waals surface area (Å²) in [6, 6.07) is 0. The van der Waals surface area contributed by atoms with E-state index in [2.05, 4.69) is 0 Å². The van der Waals surface area contributed by atoms with Gasteiger partial charge in [-0.1, -0.05) is 0 Å². The SMILES string of the molecule is CCOC(=O)C1OC12COCCOC2. The minimum atomic E-state index is -0.567. The standard InChI is InChI=1S/C9H14O5/c1-2-13-8(10)7-9(14-7)5-11-3-4-12-6-9/h7H,2-6H2,1H3. The molecular weight excluding hydrogens is 188 g/mol. The van der Waals surface area contributed by atoms with Crippen LogP contribution in [0.3, 0.4) is 0 Å². The number of hydrogen-bond acceptors (Lipinski definition) is 5. The molecule has 2 fully saturated rings. The van der Waals surface area contributed by atoms with Crippen molar-refractivity contribution in [3.8, 4) is 0 Å². The molecule has 1 unspecified atom stereocenters. The van der Waals surface area contributed by atoms with Gasteiger partial charge < -0.3 is 18.9 Å². The van der Waals surface area contributed by atoms with E-state index in [9.17, 15) is 4.79 Å². The predicted octanol–water partition coefficient (Wildman–Crippen LogP) is -0.266. The van der Waals surface area contributed by atoms with E-state index in [1.165, 1.54) is 0 Å². The van der Waals surface area contributed by atoms with Crippen molar-refractivity contribution in [2.24, 2.45) is 0 Å². The molecule has 14 heavy (non-hydrogen) atoms. The Balaban J connectivity index is 1.90. The number of esters is 1. The molecule has 1 atom stereocenters. The lowest BCUT2D eigenvalue weighted by Crippen LogP contribution is -2.30. The number of ether oxygens (including phenoxy) is 4. The van der Waals surface area contributed by atoms with Gasteiger partial charge in [-0.15, -0.1) is 0 Å². The second-order valence-electron chi connectivity index (χ2n) is 3.42. The van der Waals surface area contributed by atoms with Crippen LogP contribution in [0, 0.1) is 0 Å². The monoisotopic (exact) mass is 202 g/mol. The van der Waals surface area contributed by atoms with Gasteiger partial charge >= 0.3 is 5.97 Å². The molecule has 2 aliphatic heterocycles. The minimum absolute atomic E-state index is 0.318. The van der Waals surface area contributed by atoms with Crippen LogP contribution in [0.1, 0.15) is 6.92 Å². The Kier molecular flexibility index (Phi) is 2.71. The first-order chi connectivity index (χ1) is 6.78. The number of hydrogen-bond donors (Lipinski definition) is 0. The van der Waals surface area contributed by atoms with Crippen molar-refractivity contribution < 1.29 is 23.7 Å². The number of carbonyl (C=O) groups excluding carboxylic acids is 1. The zero-order valence-electron chi connectivity index (χ0n) is 8.15.